The van der Waals surface area contributed by atoms with Crippen LogP contribution < -0.4 is 5.32 Å². The van der Waals surface area contributed by atoms with E-state index in [1.165, 1.54) is 7.11 Å². The Balaban J connectivity index is 2.35. The number of hydrogen-bond acceptors (Lipinski definition) is 4. The third kappa shape index (κ3) is 4.54. The molecule has 0 aromatic rings. The second-order valence-corrected chi connectivity index (χ2v) is 5.05. The first-order valence-corrected chi connectivity index (χ1v) is 6.59. The summed E-state index contributed by atoms with van der Waals surface area (Å²) in [6.45, 7) is 4.86. The van der Waals surface area contributed by atoms with Gasteiger partial charge >= 0.3 is 5.97 Å². The maximum absolute atomic E-state index is 11.8. The van der Waals surface area contributed by atoms with Gasteiger partial charge in [0, 0.05) is 24.9 Å². The molecule has 0 saturated carbocycles. The molecule has 0 aliphatic carbocycles. The summed E-state index contributed by atoms with van der Waals surface area (Å²) in [5.41, 5.74) is 0. The van der Waals surface area contributed by atoms with Crippen molar-refractivity contribution < 1.29 is 19.1 Å². The van der Waals surface area contributed by atoms with E-state index in [2.05, 4.69) is 10.1 Å². The van der Waals surface area contributed by atoms with E-state index in [1.807, 2.05) is 13.8 Å². The lowest BCUT2D eigenvalue weighted by molar-refractivity contribution is -0.142. The molecule has 6 heteroatoms. The van der Waals surface area contributed by atoms with Gasteiger partial charge in [-0.1, -0.05) is 13.8 Å². The minimum absolute atomic E-state index is 0.00954. The number of nitrogens with one attached hydrogen (secondary N) is 1. The molecule has 0 aromatic carbocycles. The number of amides is 2. The monoisotopic (exact) mass is 270 g/mol. The average molecular weight is 270 g/mol. The van der Waals surface area contributed by atoms with Gasteiger partial charge in [0.1, 0.15) is 6.54 Å². The van der Waals surface area contributed by atoms with Crippen molar-refractivity contribution in [2.24, 2.45) is 11.8 Å². The van der Waals surface area contributed by atoms with Crippen LogP contribution in [0, 0.1) is 11.8 Å². The van der Waals surface area contributed by atoms with Gasteiger partial charge in [-0.25, -0.2) is 0 Å². The molecule has 0 atom stereocenters. The highest BCUT2D eigenvalue weighted by atomic mass is 16.5. The van der Waals surface area contributed by atoms with Crippen molar-refractivity contribution in [3.05, 3.63) is 0 Å². The first-order chi connectivity index (χ1) is 8.95. The zero-order valence-corrected chi connectivity index (χ0v) is 11.8. The van der Waals surface area contributed by atoms with Crippen LogP contribution in [-0.2, 0) is 19.1 Å². The van der Waals surface area contributed by atoms with Gasteiger partial charge in [-0.2, -0.15) is 0 Å². The molecule has 1 saturated heterocycles. The smallest absolute Gasteiger partial charge is 0.325 e. The minimum Gasteiger partial charge on any atom is -0.468 e. The molecule has 0 aromatic heterocycles. The lowest BCUT2D eigenvalue weighted by Crippen LogP contribution is -2.45. The molecule has 1 fully saturated rings. The summed E-state index contributed by atoms with van der Waals surface area (Å²) in [7, 11) is 1.28. The Morgan fingerprint density at radius 2 is 1.84 bits per heavy atom. The van der Waals surface area contributed by atoms with E-state index in [4.69, 9.17) is 0 Å². The van der Waals surface area contributed by atoms with Crippen molar-refractivity contribution in [2.75, 3.05) is 26.7 Å². The molecule has 108 valence electrons. The summed E-state index contributed by atoms with van der Waals surface area (Å²) in [6, 6.07) is 0. The number of carbonyl (C=O) groups is 3. The van der Waals surface area contributed by atoms with Crippen LogP contribution in [-0.4, -0.2) is 49.4 Å². The third-order valence-electron chi connectivity index (χ3n) is 3.31. The molecule has 0 unspecified atom stereocenters. The molecule has 19 heavy (non-hydrogen) atoms. The zero-order valence-electron chi connectivity index (χ0n) is 11.8. The van der Waals surface area contributed by atoms with Gasteiger partial charge in [-0.15, -0.1) is 0 Å². The second kappa shape index (κ2) is 7.11. The van der Waals surface area contributed by atoms with E-state index in [1.54, 1.807) is 4.90 Å². The molecule has 2 amide bonds. The summed E-state index contributed by atoms with van der Waals surface area (Å²) in [4.78, 5) is 36.3. The molecular formula is C13H22N2O4. The van der Waals surface area contributed by atoms with E-state index in [-0.39, 0.29) is 30.2 Å². The number of esters is 1. The Morgan fingerprint density at radius 1 is 1.26 bits per heavy atom. The number of carbonyl (C=O) groups excluding carboxylic acids is 3. The topological polar surface area (TPSA) is 75.7 Å². The highest BCUT2D eigenvalue weighted by Gasteiger charge is 2.28. The van der Waals surface area contributed by atoms with Crippen LogP contribution in [0.15, 0.2) is 0 Å². The Labute approximate surface area is 113 Å². The number of rotatable bonds is 4. The normalized spacial score (nSPS) is 16.3. The highest BCUT2D eigenvalue weighted by Crippen LogP contribution is 2.18. The van der Waals surface area contributed by atoms with E-state index in [0.29, 0.717) is 25.9 Å². The van der Waals surface area contributed by atoms with Crippen LogP contribution in [0.1, 0.15) is 26.7 Å². The number of hydrogen-bond donors (Lipinski definition) is 1. The van der Waals surface area contributed by atoms with Crippen molar-refractivity contribution in [2.45, 2.75) is 26.7 Å². The maximum Gasteiger partial charge on any atom is 0.325 e. The molecule has 0 bridgehead atoms. The second-order valence-electron chi connectivity index (χ2n) is 5.05. The van der Waals surface area contributed by atoms with Gasteiger partial charge < -0.3 is 15.0 Å². The summed E-state index contributed by atoms with van der Waals surface area (Å²) < 4.78 is 4.46. The molecule has 1 heterocycles. The lowest BCUT2D eigenvalue weighted by Gasteiger charge is -2.32. The van der Waals surface area contributed by atoms with Crippen LogP contribution in [0.25, 0.3) is 0 Å². The van der Waals surface area contributed by atoms with Crippen LogP contribution >= 0.6 is 0 Å². The van der Waals surface area contributed by atoms with Crippen LogP contribution in [0.5, 0.6) is 0 Å². The molecule has 1 N–H and O–H groups in total. The molecule has 1 rings (SSSR count). The Morgan fingerprint density at radius 3 is 2.32 bits per heavy atom. The quantitative estimate of drug-likeness (QED) is 0.739. The summed E-state index contributed by atoms with van der Waals surface area (Å²) >= 11 is 0. The number of piperidine rings is 1. The van der Waals surface area contributed by atoms with E-state index in [0.717, 1.165) is 0 Å². The SMILES string of the molecule is COC(=O)CNC(=O)C1CCN(C(=O)C(C)C)CC1. The Bertz CT molecular complexity index is 347. The summed E-state index contributed by atoms with van der Waals surface area (Å²) in [5.74, 6) is -0.596. The molecule has 0 spiro atoms. The number of nitrogens with zero attached hydrogens (tertiary/aromatic N) is 1. The molecule has 0 radical (unpaired) electrons. The van der Waals surface area contributed by atoms with Gasteiger partial charge in [0.2, 0.25) is 11.8 Å². The summed E-state index contributed by atoms with van der Waals surface area (Å²) in [5, 5.41) is 2.55. The average Bonchev–Trinajstić information content (AvgIpc) is 2.43. The minimum atomic E-state index is -0.458. The van der Waals surface area contributed by atoms with Gasteiger partial charge in [-0.3, -0.25) is 14.4 Å². The van der Waals surface area contributed by atoms with E-state index in [9.17, 15) is 14.4 Å². The van der Waals surface area contributed by atoms with Crippen LogP contribution in [0.3, 0.4) is 0 Å². The predicted octanol–water partition coefficient (Wildman–Crippen LogP) is 0.170. The van der Waals surface area contributed by atoms with Gasteiger partial charge in [0.05, 0.1) is 7.11 Å². The molecule has 1 aliphatic heterocycles. The first-order valence-electron chi connectivity index (χ1n) is 6.59. The highest BCUT2D eigenvalue weighted by molar-refractivity contribution is 5.84. The first kappa shape index (κ1) is 15.5. The van der Waals surface area contributed by atoms with Gasteiger partial charge in [-0.05, 0) is 12.8 Å². The third-order valence-corrected chi connectivity index (χ3v) is 3.31. The number of methoxy groups -OCH3 is 1. The zero-order chi connectivity index (χ0) is 14.4. The lowest BCUT2D eigenvalue weighted by atomic mass is 9.95. The fourth-order valence-corrected chi connectivity index (χ4v) is 2.10. The van der Waals surface area contributed by atoms with Crippen molar-refractivity contribution in [1.29, 1.82) is 0 Å². The van der Waals surface area contributed by atoms with Crippen LogP contribution in [0.4, 0.5) is 0 Å². The predicted molar refractivity (Wildman–Crippen MR) is 69.2 cm³/mol. The fourth-order valence-electron chi connectivity index (χ4n) is 2.10. The van der Waals surface area contributed by atoms with Crippen molar-refractivity contribution in [3.8, 4) is 0 Å². The fraction of sp³-hybridized carbons (Fsp3) is 0.769. The molecular weight excluding hydrogens is 248 g/mol. The summed E-state index contributed by atoms with van der Waals surface area (Å²) in [6.07, 6.45) is 1.29. The van der Waals surface area contributed by atoms with Crippen molar-refractivity contribution >= 4 is 17.8 Å². The van der Waals surface area contributed by atoms with Gasteiger partial charge in [0.25, 0.3) is 0 Å². The molecule has 1 aliphatic rings. The van der Waals surface area contributed by atoms with Crippen molar-refractivity contribution in [3.63, 3.8) is 0 Å². The largest absolute Gasteiger partial charge is 0.468 e. The number of likely N-dealkylation sites (tertiary alicyclic amines) is 1. The van der Waals surface area contributed by atoms with Crippen molar-refractivity contribution in [1.82, 2.24) is 10.2 Å². The van der Waals surface area contributed by atoms with E-state index >= 15 is 0 Å². The Kier molecular flexibility index (Phi) is 5.79. The standard InChI is InChI=1S/C13H22N2O4/c1-9(2)13(18)15-6-4-10(5-7-15)12(17)14-8-11(16)19-3/h9-10H,4-8H2,1-3H3,(H,14,17). The van der Waals surface area contributed by atoms with Gasteiger partial charge in [0.15, 0.2) is 0 Å². The maximum atomic E-state index is 11.8. The Hall–Kier alpha value is -1.59. The molecule has 6 nitrogen and oxygen atoms in total. The van der Waals surface area contributed by atoms with Crippen LogP contribution in [0.2, 0.25) is 0 Å². The van der Waals surface area contributed by atoms with E-state index < -0.39 is 5.97 Å². The number of ether oxygens (including phenoxy) is 1.